The van der Waals surface area contributed by atoms with Crippen LogP contribution >= 0.6 is 0 Å². The van der Waals surface area contributed by atoms with Crippen LogP contribution in [0.4, 0.5) is 5.69 Å². The zero-order chi connectivity index (χ0) is 14.6. The number of carbonyl (C=O) groups excluding carboxylic acids is 2. The number of ether oxygens (including phenoxy) is 1. The molecule has 0 atom stereocenters. The minimum Gasteiger partial charge on any atom is -0.491 e. The fourth-order valence-corrected chi connectivity index (χ4v) is 1.45. The van der Waals surface area contributed by atoms with E-state index in [9.17, 15) is 9.59 Å². The normalized spacial score (nSPS) is 10.9. The van der Waals surface area contributed by atoms with Gasteiger partial charge in [-0.05, 0) is 32.9 Å². The predicted molar refractivity (Wildman–Crippen MR) is 72.8 cm³/mol. The molecule has 0 saturated carbocycles. The van der Waals surface area contributed by atoms with Crippen LogP contribution in [0.15, 0.2) is 18.2 Å². The van der Waals surface area contributed by atoms with Gasteiger partial charge in [-0.15, -0.1) is 0 Å². The molecule has 0 fully saturated rings. The van der Waals surface area contributed by atoms with Gasteiger partial charge >= 0.3 is 0 Å². The zero-order valence-electron chi connectivity index (χ0n) is 11.3. The van der Waals surface area contributed by atoms with E-state index >= 15 is 0 Å². The van der Waals surface area contributed by atoms with E-state index in [0.29, 0.717) is 18.0 Å². The first-order valence-electron chi connectivity index (χ1n) is 5.93. The molecule has 0 radical (unpaired) electrons. The molecule has 0 aliphatic rings. The number of amides is 2. The molecule has 19 heavy (non-hydrogen) atoms. The minimum absolute atomic E-state index is 0.274. The molecule has 6 nitrogen and oxygen atoms in total. The van der Waals surface area contributed by atoms with E-state index in [1.807, 2.05) is 0 Å². The van der Waals surface area contributed by atoms with Crippen LogP contribution in [-0.2, 0) is 4.79 Å². The Morgan fingerprint density at radius 1 is 1.37 bits per heavy atom. The maximum Gasteiger partial charge on any atom is 0.255 e. The second-order valence-electron chi connectivity index (χ2n) is 4.60. The summed E-state index contributed by atoms with van der Waals surface area (Å²) in [5.41, 5.74) is 10.5. The standard InChI is InChI=1S/C13H19N3O3/c1-4-19-10-8(6-5-7-9(10)14)11(17)16-13(2,3)12(15)18/h5-7H,4,14H2,1-3H3,(H2,15,18)(H,16,17). The maximum atomic E-state index is 12.2. The molecule has 1 rings (SSSR count). The van der Waals surface area contributed by atoms with Crippen LogP contribution in [0, 0.1) is 0 Å². The summed E-state index contributed by atoms with van der Waals surface area (Å²) < 4.78 is 5.36. The lowest BCUT2D eigenvalue weighted by Gasteiger charge is -2.23. The molecular weight excluding hydrogens is 246 g/mol. The van der Waals surface area contributed by atoms with Gasteiger partial charge in [0.05, 0.1) is 17.9 Å². The zero-order valence-corrected chi connectivity index (χ0v) is 11.3. The maximum absolute atomic E-state index is 12.2. The van der Waals surface area contributed by atoms with Crippen molar-refractivity contribution in [3.63, 3.8) is 0 Å². The van der Waals surface area contributed by atoms with Crippen LogP contribution in [-0.4, -0.2) is 24.0 Å². The van der Waals surface area contributed by atoms with Crippen molar-refractivity contribution in [3.05, 3.63) is 23.8 Å². The largest absolute Gasteiger partial charge is 0.491 e. The number of carbonyl (C=O) groups is 2. The van der Waals surface area contributed by atoms with Crippen molar-refractivity contribution in [1.82, 2.24) is 5.32 Å². The summed E-state index contributed by atoms with van der Waals surface area (Å²) in [6, 6.07) is 4.86. The Balaban J connectivity index is 3.07. The molecule has 5 N–H and O–H groups in total. The second kappa shape index (κ2) is 5.60. The fraction of sp³-hybridized carbons (Fsp3) is 0.385. The monoisotopic (exact) mass is 265 g/mol. The summed E-state index contributed by atoms with van der Waals surface area (Å²) >= 11 is 0. The van der Waals surface area contributed by atoms with E-state index in [0.717, 1.165) is 0 Å². The van der Waals surface area contributed by atoms with Gasteiger partial charge in [-0.3, -0.25) is 9.59 Å². The summed E-state index contributed by atoms with van der Waals surface area (Å²) in [7, 11) is 0. The van der Waals surface area contributed by atoms with Gasteiger partial charge in [0, 0.05) is 0 Å². The van der Waals surface area contributed by atoms with Crippen LogP contribution in [0.2, 0.25) is 0 Å². The van der Waals surface area contributed by atoms with Crippen LogP contribution in [0.25, 0.3) is 0 Å². The molecule has 0 bridgehead atoms. The minimum atomic E-state index is -1.15. The highest BCUT2D eigenvalue weighted by molar-refractivity contribution is 6.01. The predicted octanol–water partition coefficient (Wildman–Crippen LogP) is 0.661. The number of hydrogen-bond acceptors (Lipinski definition) is 4. The van der Waals surface area contributed by atoms with Crippen LogP contribution in [0.1, 0.15) is 31.1 Å². The van der Waals surface area contributed by atoms with E-state index in [4.69, 9.17) is 16.2 Å². The third-order valence-electron chi connectivity index (χ3n) is 2.62. The van der Waals surface area contributed by atoms with Gasteiger partial charge in [-0.1, -0.05) is 6.07 Å². The topological polar surface area (TPSA) is 107 Å². The Morgan fingerprint density at radius 2 is 2.00 bits per heavy atom. The van der Waals surface area contributed by atoms with E-state index in [2.05, 4.69) is 5.32 Å². The molecule has 6 heteroatoms. The van der Waals surface area contributed by atoms with Gasteiger partial charge in [0.25, 0.3) is 5.91 Å². The number of benzene rings is 1. The highest BCUT2D eigenvalue weighted by atomic mass is 16.5. The first-order chi connectivity index (χ1) is 8.79. The molecule has 1 aromatic carbocycles. The lowest BCUT2D eigenvalue weighted by molar-refractivity contribution is -0.122. The summed E-state index contributed by atoms with van der Waals surface area (Å²) in [6.07, 6.45) is 0. The Bertz CT molecular complexity index is 498. The van der Waals surface area contributed by atoms with E-state index in [1.165, 1.54) is 13.8 Å². The first-order valence-corrected chi connectivity index (χ1v) is 5.93. The van der Waals surface area contributed by atoms with Crippen molar-refractivity contribution < 1.29 is 14.3 Å². The molecule has 104 valence electrons. The Hall–Kier alpha value is -2.24. The van der Waals surface area contributed by atoms with E-state index in [-0.39, 0.29) is 5.56 Å². The van der Waals surface area contributed by atoms with Crippen molar-refractivity contribution in [3.8, 4) is 5.75 Å². The second-order valence-corrected chi connectivity index (χ2v) is 4.60. The van der Waals surface area contributed by atoms with Gasteiger partial charge in [0.2, 0.25) is 5.91 Å². The third-order valence-corrected chi connectivity index (χ3v) is 2.62. The number of anilines is 1. The molecule has 0 aliphatic carbocycles. The highest BCUT2D eigenvalue weighted by Gasteiger charge is 2.28. The fourth-order valence-electron chi connectivity index (χ4n) is 1.45. The first kappa shape index (κ1) is 14.8. The molecule has 0 aliphatic heterocycles. The molecule has 0 unspecified atom stereocenters. The lowest BCUT2D eigenvalue weighted by atomic mass is 10.0. The molecule has 0 saturated heterocycles. The highest BCUT2D eigenvalue weighted by Crippen LogP contribution is 2.26. The molecule has 0 spiro atoms. The number of nitrogens with two attached hydrogens (primary N) is 2. The number of nitrogens with one attached hydrogen (secondary N) is 1. The number of primary amides is 1. The molecule has 1 aromatic rings. The Kier molecular flexibility index (Phi) is 4.37. The number of hydrogen-bond donors (Lipinski definition) is 3. The summed E-state index contributed by atoms with van der Waals surface area (Å²) in [5.74, 6) is -0.773. The van der Waals surface area contributed by atoms with Crippen molar-refractivity contribution >= 4 is 17.5 Å². The molecule has 2 amide bonds. The van der Waals surface area contributed by atoms with Crippen LogP contribution in [0.5, 0.6) is 5.75 Å². The van der Waals surface area contributed by atoms with Crippen LogP contribution < -0.4 is 21.5 Å². The number of rotatable bonds is 5. The Morgan fingerprint density at radius 3 is 2.53 bits per heavy atom. The summed E-state index contributed by atoms with van der Waals surface area (Å²) in [5, 5.41) is 2.55. The lowest BCUT2D eigenvalue weighted by Crippen LogP contribution is -2.53. The number of para-hydroxylation sites is 1. The van der Waals surface area contributed by atoms with E-state index < -0.39 is 17.4 Å². The third kappa shape index (κ3) is 3.37. The van der Waals surface area contributed by atoms with Crippen molar-refractivity contribution in [1.29, 1.82) is 0 Å². The Labute approximate surface area is 112 Å². The molecular formula is C13H19N3O3. The SMILES string of the molecule is CCOc1c(N)cccc1C(=O)NC(C)(C)C(N)=O. The van der Waals surface area contributed by atoms with Gasteiger partial charge in [-0.2, -0.15) is 0 Å². The van der Waals surface area contributed by atoms with Crippen molar-refractivity contribution in [2.24, 2.45) is 5.73 Å². The quantitative estimate of drug-likeness (QED) is 0.680. The van der Waals surface area contributed by atoms with Crippen molar-refractivity contribution in [2.75, 3.05) is 12.3 Å². The van der Waals surface area contributed by atoms with Crippen molar-refractivity contribution in [2.45, 2.75) is 26.3 Å². The average Bonchev–Trinajstić information content (AvgIpc) is 2.31. The molecule has 0 aromatic heterocycles. The van der Waals surface area contributed by atoms with E-state index in [1.54, 1.807) is 25.1 Å². The summed E-state index contributed by atoms with van der Waals surface area (Å²) in [6.45, 7) is 5.23. The molecule has 0 heterocycles. The van der Waals surface area contributed by atoms with Crippen LogP contribution in [0.3, 0.4) is 0 Å². The smallest absolute Gasteiger partial charge is 0.255 e. The van der Waals surface area contributed by atoms with Gasteiger partial charge in [-0.25, -0.2) is 0 Å². The average molecular weight is 265 g/mol. The van der Waals surface area contributed by atoms with Gasteiger partial charge in [0.1, 0.15) is 5.54 Å². The van der Waals surface area contributed by atoms with Gasteiger partial charge < -0.3 is 21.5 Å². The number of nitrogen functional groups attached to an aromatic ring is 1. The van der Waals surface area contributed by atoms with Gasteiger partial charge in [0.15, 0.2) is 5.75 Å². The summed E-state index contributed by atoms with van der Waals surface area (Å²) in [4.78, 5) is 23.4.